The molecule has 22 heavy (non-hydrogen) atoms. The number of ether oxygens (including phenoxy) is 2. The Morgan fingerprint density at radius 3 is 2.45 bits per heavy atom. The molecule has 8 heteroatoms. The molecular formula is C14H16O8. The highest BCUT2D eigenvalue weighted by molar-refractivity contribution is 5.73. The summed E-state index contributed by atoms with van der Waals surface area (Å²) in [5.74, 6) is -1.55. The predicted octanol–water partition coefficient (Wildman–Crippen LogP) is -0.694. The zero-order valence-corrected chi connectivity index (χ0v) is 11.4. The van der Waals surface area contributed by atoms with Crippen LogP contribution in [0.4, 0.5) is 0 Å². The SMILES string of the molecule is C=Cc1ccc(OC2OC(C(=O)O)C(O)C(O)C2O)cc1O. The number of aliphatic hydroxyl groups excluding tert-OH is 3. The van der Waals surface area contributed by atoms with Gasteiger partial charge in [-0.05, 0) is 12.1 Å². The van der Waals surface area contributed by atoms with Gasteiger partial charge >= 0.3 is 5.97 Å². The largest absolute Gasteiger partial charge is 0.507 e. The van der Waals surface area contributed by atoms with E-state index in [-0.39, 0.29) is 11.5 Å². The molecule has 1 aliphatic heterocycles. The number of carboxylic acid groups (broad SMARTS) is 1. The van der Waals surface area contributed by atoms with Gasteiger partial charge in [-0.15, -0.1) is 0 Å². The van der Waals surface area contributed by atoms with Crippen molar-refractivity contribution in [3.63, 3.8) is 0 Å². The maximum absolute atomic E-state index is 11.0. The van der Waals surface area contributed by atoms with Gasteiger partial charge in [0.1, 0.15) is 29.8 Å². The Kier molecular flexibility index (Phi) is 4.67. The second-order valence-electron chi connectivity index (χ2n) is 4.78. The summed E-state index contributed by atoms with van der Waals surface area (Å²) in [6, 6.07) is 4.16. The Hall–Kier alpha value is -2.13. The number of hydrogen-bond acceptors (Lipinski definition) is 7. The van der Waals surface area contributed by atoms with Gasteiger partial charge in [0.25, 0.3) is 0 Å². The first kappa shape index (κ1) is 16.2. The van der Waals surface area contributed by atoms with E-state index < -0.39 is 36.7 Å². The molecule has 0 amide bonds. The summed E-state index contributed by atoms with van der Waals surface area (Å²) in [5.41, 5.74) is 0.455. The fraction of sp³-hybridized carbons (Fsp3) is 0.357. The molecule has 0 saturated carbocycles. The summed E-state index contributed by atoms with van der Waals surface area (Å²) in [6.45, 7) is 3.51. The van der Waals surface area contributed by atoms with E-state index in [1.807, 2.05) is 0 Å². The summed E-state index contributed by atoms with van der Waals surface area (Å²) in [4.78, 5) is 11.0. The molecule has 0 aromatic heterocycles. The first-order valence-electron chi connectivity index (χ1n) is 6.39. The standard InChI is InChI=1S/C14H16O8/c1-2-6-3-4-7(5-8(6)15)21-14-11(18)9(16)10(17)12(22-14)13(19)20/h2-5,9-12,14-18H,1H2,(H,19,20). The van der Waals surface area contributed by atoms with Crippen molar-refractivity contribution in [3.05, 3.63) is 30.3 Å². The summed E-state index contributed by atoms with van der Waals surface area (Å²) in [6.07, 6.45) is -7.04. The van der Waals surface area contributed by atoms with E-state index in [0.29, 0.717) is 5.56 Å². The number of phenolic OH excluding ortho intramolecular Hbond substituents is 1. The Labute approximate surface area is 125 Å². The molecule has 1 aromatic rings. The van der Waals surface area contributed by atoms with Gasteiger partial charge in [0.2, 0.25) is 6.29 Å². The molecule has 5 atom stereocenters. The quantitative estimate of drug-likeness (QED) is 0.492. The molecule has 0 aliphatic carbocycles. The monoisotopic (exact) mass is 312 g/mol. The summed E-state index contributed by atoms with van der Waals surface area (Å²) in [7, 11) is 0. The van der Waals surface area contributed by atoms with Crippen LogP contribution in [0.1, 0.15) is 5.56 Å². The van der Waals surface area contributed by atoms with Crippen molar-refractivity contribution in [1.29, 1.82) is 0 Å². The number of aliphatic hydroxyl groups is 3. The lowest BCUT2D eigenvalue weighted by atomic mass is 9.99. The van der Waals surface area contributed by atoms with Crippen LogP contribution in [0.5, 0.6) is 11.5 Å². The van der Waals surface area contributed by atoms with Gasteiger partial charge in [0.05, 0.1) is 0 Å². The first-order valence-corrected chi connectivity index (χ1v) is 6.39. The third-order valence-corrected chi connectivity index (χ3v) is 3.29. The van der Waals surface area contributed by atoms with Gasteiger partial charge in [-0.25, -0.2) is 4.79 Å². The molecule has 8 nitrogen and oxygen atoms in total. The average molecular weight is 312 g/mol. The molecule has 1 saturated heterocycles. The van der Waals surface area contributed by atoms with Gasteiger partial charge < -0.3 is 35.0 Å². The van der Waals surface area contributed by atoms with E-state index in [2.05, 4.69) is 6.58 Å². The lowest BCUT2D eigenvalue weighted by Gasteiger charge is -2.38. The van der Waals surface area contributed by atoms with Gasteiger partial charge in [0, 0.05) is 11.6 Å². The van der Waals surface area contributed by atoms with E-state index in [0.717, 1.165) is 0 Å². The average Bonchev–Trinajstić information content (AvgIpc) is 2.47. The van der Waals surface area contributed by atoms with Gasteiger partial charge in [-0.2, -0.15) is 0 Å². The van der Waals surface area contributed by atoms with Crippen molar-refractivity contribution in [2.45, 2.75) is 30.7 Å². The zero-order valence-electron chi connectivity index (χ0n) is 11.4. The van der Waals surface area contributed by atoms with Crippen LogP contribution in [0.15, 0.2) is 24.8 Å². The van der Waals surface area contributed by atoms with Crippen molar-refractivity contribution in [2.24, 2.45) is 0 Å². The van der Waals surface area contributed by atoms with Gasteiger partial charge in [-0.1, -0.05) is 12.7 Å². The molecular weight excluding hydrogens is 296 g/mol. The molecule has 1 aromatic carbocycles. The number of carbonyl (C=O) groups is 1. The minimum atomic E-state index is -1.79. The molecule has 120 valence electrons. The third kappa shape index (κ3) is 3.04. The molecule has 5 unspecified atom stereocenters. The number of hydrogen-bond donors (Lipinski definition) is 5. The van der Waals surface area contributed by atoms with Crippen molar-refractivity contribution >= 4 is 12.0 Å². The number of aromatic hydroxyl groups is 1. The lowest BCUT2D eigenvalue weighted by molar-refractivity contribution is -0.271. The number of phenols is 1. The first-order chi connectivity index (χ1) is 10.3. The maximum atomic E-state index is 11.0. The molecule has 1 aliphatic rings. The van der Waals surface area contributed by atoms with Crippen molar-refractivity contribution in [2.75, 3.05) is 0 Å². The van der Waals surface area contributed by atoms with Crippen LogP contribution in [0.3, 0.4) is 0 Å². The smallest absolute Gasteiger partial charge is 0.335 e. The fourth-order valence-corrected chi connectivity index (χ4v) is 2.05. The molecule has 0 bridgehead atoms. The van der Waals surface area contributed by atoms with Crippen molar-refractivity contribution in [3.8, 4) is 11.5 Å². The van der Waals surface area contributed by atoms with Crippen LogP contribution in [0, 0.1) is 0 Å². The number of aliphatic carboxylic acids is 1. The third-order valence-electron chi connectivity index (χ3n) is 3.29. The van der Waals surface area contributed by atoms with Crippen LogP contribution >= 0.6 is 0 Å². The van der Waals surface area contributed by atoms with E-state index in [4.69, 9.17) is 14.6 Å². The minimum absolute atomic E-state index is 0.0832. The fourth-order valence-electron chi connectivity index (χ4n) is 2.05. The van der Waals surface area contributed by atoms with Crippen molar-refractivity contribution < 1.29 is 39.8 Å². The Balaban J connectivity index is 2.18. The molecule has 1 fully saturated rings. The zero-order chi connectivity index (χ0) is 16.4. The van der Waals surface area contributed by atoms with E-state index >= 15 is 0 Å². The molecule has 0 radical (unpaired) electrons. The van der Waals surface area contributed by atoms with Crippen LogP contribution in [-0.4, -0.2) is 62.2 Å². The second-order valence-corrected chi connectivity index (χ2v) is 4.78. The number of rotatable bonds is 4. The minimum Gasteiger partial charge on any atom is -0.507 e. The van der Waals surface area contributed by atoms with Crippen molar-refractivity contribution in [1.82, 2.24) is 0 Å². The van der Waals surface area contributed by atoms with E-state index in [9.17, 15) is 25.2 Å². The van der Waals surface area contributed by atoms with Crippen LogP contribution in [0.25, 0.3) is 6.08 Å². The second kappa shape index (κ2) is 6.32. The van der Waals surface area contributed by atoms with Crippen LogP contribution in [-0.2, 0) is 9.53 Å². The highest BCUT2D eigenvalue weighted by Crippen LogP contribution is 2.28. The molecule has 1 heterocycles. The highest BCUT2D eigenvalue weighted by Gasteiger charge is 2.48. The van der Waals surface area contributed by atoms with E-state index in [1.54, 1.807) is 0 Å². The Bertz CT molecular complexity index is 572. The topological polar surface area (TPSA) is 137 Å². The van der Waals surface area contributed by atoms with Crippen LogP contribution < -0.4 is 4.74 Å². The summed E-state index contributed by atoms with van der Waals surface area (Å²) >= 11 is 0. The van der Waals surface area contributed by atoms with Gasteiger partial charge in [-0.3, -0.25) is 0 Å². The van der Waals surface area contributed by atoms with E-state index in [1.165, 1.54) is 24.3 Å². The van der Waals surface area contributed by atoms with Gasteiger partial charge in [0.15, 0.2) is 6.10 Å². The molecule has 0 spiro atoms. The Morgan fingerprint density at radius 1 is 1.23 bits per heavy atom. The lowest BCUT2D eigenvalue weighted by Crippen LogP contribution is -2.61. The number of benzene rings is 1. The normalized spacial score (nSPS) is 31.5. The summed E-state index contributed by atoms with van der Waals surface area (Å²) in [5, 5.41) is 47.6. The summed E-state index contributed by atoms with van der Waals surface area (Å²) < 4.78 is 10.2. The maximum Gasteiger partial charge on any atom is 0.335 e. The highest BCUT2D eigenvalue weighted by atomic mass is 16.7. The Morgan fingerprint density at radius 2 is 1.91 bits per heavy atom. The predicted molar refractivity (Wildman–Crippen MR) is 73.1 cm³/mol. The molecule has 2 rings (SSSR count). The molecule has 5 N–H and O–H groups in total. The number of carboxylic acids is 1. The van der Waals surface area contributed by atoms with Crippen LogP contribution in [0.2, 0.25) is 0 Å².